The van der Waals surface area contributed by atoms with Crippen LogP contribution in [0, 0.1) is 0 Å². The lowest BCUT2D eigenvalue weighted by Crippen LogP contribution is -2.17. The van der Waals surface area contributed by atoms with Crippen molar-refractivity contribution in [2.45, 2.75) is 13.8 Å². The first-order chi connectivity index (χ1) is 4.68. The zero-order valence-electron chi connectivity index (χ0n) is 6.83. The van der Waals surface area contributed by atoms with Gasteiger partial charge in [-0.05, 0) is 13.8 Å². The molecular weight excluding hydrogens is 124 g/mol. The Morgan fingerprint density at radius 1 is 1.40 bits per heavy atom. The van der Waals surface area contributed by atoms with E-state index in [9.17, 15) is 0 Å². The van der Waals surface area contributed by atoms with E-state index in [0.29, 0.717) is 0 Å². The molecule has 0 N–H and O–H groups in total. The molecule has 0 radical (unpaired) electrons. The number of hydrogen-bond acceptors (Lipinski definition) is 2. The minimum absolute atomic E-state index is 0.977. The van der Waals surface area contributed by atoms with E-state index in [0.717, 1.165) is 6.67 Å². The largest absolute Gasteiger partial charge is 0.361 e. The minimum Gasteiger partial charge on any atom is -0.361 e. The van der Waals surface area contributed by atoms with E-state index in [1.54, 1.807) is 0 Å². The molecular formula is C8H14N2. The number of nitrogens with zero attached hydrogens (tertiary/aromatic N) is 2. The van der Waals surface area contributed by atoms with Crippen LogP contribution in [0.2, 0.25) is 0 Å². The van der Waals surface area contributed by atoms with E-state index in [-0.39, 0.29) is 0 Å². The average Bonchev–Trinajstić information content (AvgIpc) is 2.13. The second-order valence-electron chi connectivity index (χ2n) is 2.92. The van der Waals surface area contributed by atoms with Gasteiger partial charge in [-0.3, -0.25) is 0 Å². The molecule has 0 spiro atoms. The quantitative estimate of drug-likeness (QED) is 0.543. The maximum absolute atomic E-state index is 2.16. The third kappa shape index (κ3) is 1.79. The van der Waals surface area contributed by atoms with Gasteiger partial charge in [-0.15, -0.1) is 0 Å². The van der Waals surface area contributed by atoms with Gasteiger partial charge >= 0.3 is 0 Å². The van der Waals surface area contributed by atoms with Crippen molar-refractivity contribution < 1.29 is 0 Å². The molecule has 2 nitrogen and oxygen atoms in total. The summed E-state index contributed by atoms with van der Waals surface area (Å²) in [6.45, 7) is 5.18. The van der Waals surface area contributed by atoms with Crippen LogP contribution in [-0.2, 0) is 0 Å². The predicted octanol–water partition coefficient (Wildman–Crippen LogP) is 1.59. The highest BCUT2D eigenvalue weighted by atomic mass is 15.3. The Morgan fingerprint density at radius 3 is 2.50 bits per heavy atom. The summed E-state index contributed by atoms with van der Waals surface area (Å²) in [5.41, 5.74) is 1.33. The lowest BCUT2D eigenvalue weighted by molar-refractivity contribution is 0.362. The van der Waals surface area contributed by atoms with Crippen LogP contribution in [0.4, 0.5) is 0 Å². The van der Waals surface area contributed by atoms with Crippen molar-refractivity contribution in [1.82, 2.24) is 9.80 Å². The number of allylic oxidation sites excluding steroid dienone is 1. The van der Waals surface area contributed by atoms with Crippen LogP contribution in [0.15, 0.2) is 24.2 Å². The summed E-state index contributed by atoms with van der Waals surface area (Å²) >= 11 is 0. The highest BCUT2D eigenvalue weighted by Crippen LogP contribution is 2.05. The van der Waals surface area contributed by atoms with Gasteiger partial charge in [0.2, 0.25) is 0 Å². The average molecular weight is 138 g/mol. The molecule has 0 saturated carbocycles. The summed E-state index contributed by atoms with van der Waals surface area (Å²) in [4.78, 5) is 4.30. The first-order valence-corrected chi connectivity index (χ1v) is 3.48. The normalized spacial score (nSPS) is 16.3. The van der Waals surface area contributed by atoms with Crippen molar-refractivity contribution in [2.75, 3.05) is 13.7 Å². The van der Waals surface area contributed by atoms with Crippen molar-refractivity contribution in [1.29, 1.82) is 0 Å². The van der Waals surface area contributed by atoms with E-state index >= 15 is 0 Å². The maximum atomic E-state index is 2.16. The highest BCUT2D eigenvalue weighted by molar-refractivity contribution is 5.01. The standard InChI is InChI=1S/C8H14N2/c1-8(2)6-10-5-4-9(3)7-10/h4-6H,7H2,1-3H3. The third-order valence-corrected chi connectivity index (χ3v) is 1.32. The Balaban J connectivity index is 2.48. The molecule has 0 amide bonds. The van der Waals surface area contributed by atoms with E-state index in [2.05, 4.69) is 49.3 Å². The summed E-state index contributed by atoms with van der Waals surface area (Å²) in [6.07, 6.45) is 6.28. The van der Waals surface area contributed by atoms with Crippen LogP contribution >= 0.6 is 0 Å². The van der Waals surface area contributed by atoms with E-state index < -0.39 is 0 Å². The second-order valence-corrected chi connectivity index (χ2v) is 2.92. The van der Waals surface area contributed by atoms with Crippen molar-refractivity contribution in [3.05, 3.63) is 24.2 Å². The van der Waals surface area contributed by atoms with E-state index in [4.69, 9.17) is 0 Å². The molecule has 56 valence electrons. The Hall–Kier alpha value is -0.920. The Morgan fingerprint density at radius 2 is 2.10 bits per heavy atom. The molecule has 0 aromatic heterocycles. The van der Waals surface area contributed by atoms with Gasteiger partial charge in [0.1, 0.15) is 0 Å². The summed E-state index contributed by atoms with van der Waals surface area (Å²) in [5, 5.41) is 0. The third-order valence-electron chi connectivity index (χ3n) is 1.32. The molecule has 0 aliphatic carbocycles. The lowest BCUT2D eigenvalue weighted by Gasteiger charge is -2.13. The highest BCUT2D eigenvalue weighted by Gasteiger charge is 2.03. The molecule has 0 atom stereocenters. The van der Waals surface area contributed by atoms with Crippen LogP contribution in [0.1, 0.15) is 13.8 Å². The predicted molar refractivity (Wildman–Crippen MR) is 43.0 cm³/mol. The van der Waals surface area contributed by atoms with Crippen LogP contribution < -0.4 is 0 Å². The van der Waals surface area contributed by atoms with Crippen molar-refractivity contribution in [2.24, 2.45) is 0 Å². The number of hydrogen-bond donors (Lipinski definition) is 0. The van der Waals surface area contributed by atoms with Gasteiger partial charge in [0.25, 0.3) is 0 Å². The van der Waals surface area contributed by atoms with Crippen LogP contribution in [0.3, 0.4) is 0 Å². The van der Waals surface area contributed by atoms with Gasteiger partial charge in [-0.1, -0.05) is 5.57 Å². The zero-order chi connectivity index (χ0) is 7.56. The fourth-order valence-corrected chi connectivity index (χ4v) is 0.967. The molecule has 0 aromatic rings. The monoisotopic (exact) mass is 138 g/mol. The molecule has 0 saturated heterocycles. The smallest absolute Gasteiger partial charge is 0.0933 e. The van der Waals surface area contributed by atoms with E-state index in [1.807, 2.05) is 0 Å². The molecule has 1 aliphatic rings. The maximum Gasteiger partial charge on any atom is 0.0933 e. The van der Waals surface area contributed by atoms with Crippen molar-refractivity contribution in [3.8, 4) is 0 Å². The molecule has 0 bridgehead atoms. The van der Waals surface area contributed by atoms with Gasteiger partial charge in [-0.2, -0.15) is 0 Å². The SMILES string of the molecule is CC(C)=CN1C=CN(C)C1. The molecule has 1 aliphatic heterocycles. The van der Waals surface area contributed by atoms with Gasteiger partial charge in [0.05, 0.1) is 6.67 Å². The van der Waals surface area contributed by atoms with Crippen molar-refractivity contribution >= 4 is 0 Å². The zero-order valence-corrected chi connectivity index (χ0v) is 6.83. The molecule has 1 rings (SSSR count). The van der Waals surface area contributed by atoms with Crippen LogP contribution in [0.5, 0.6) is 0 Å². The summed E-state index contributed by atoms with van der Waals surface area (Å²) < 4.78 is 0. The van der Waals surface area contributed by atoms with Gasteiger partial charge < -0.3 is 9.80 Å². The van der Waals surface area contributed by atoms with E-state index in [1.165, 1.54) is 5.57 Å². The molecule has 0 fully saturated rings. The van der Waals surface area contributed by atoms with Crippen LogP contribution in [-0.4, -0.2) is 23.5 Å². The molecule has 2 heteroatoms. The second kappa shape index (κ2) is 2.78. The van der Waals surface area contributed by atoms with Gasteiger partial charge in [0, 0.05) is 25.6 Å². The first-order valence-electron chi connectivity index (χ1n) is 3.48. The van der Waals surface area contributed by atoms with Gasteiger partial charge in [0.15, 0.2) is 0 Å². The minimum atomic E-state index is 0.977. The van der Waals surface area contributed by atoms with Gasteiger partial charge in [-0.25, -0.2) is 0 Å². The van der Waals surface area contributed by atoms with Crippen molar-refractivity contribution in [3.63, 3.8) is 0 Å². The Labute approximate surface area is 62.4 Å². The fraction of sp³-hybridized carbons (Fsp3) is 0.500. The lowest BCUT2D eigenvalue weighted by atomic mass is 10.4. The summed E-state index contributed by atoms with van der Waals surface area (Å²) in [7, 11) is 2.06. The Kier molecular flexibility index (Phi) is 2.00. The molecule has 1 heterocycles. The molecule has 0 aromatic carbocycles. The number of rotatable bonds is 1. The first kappa shape index (κ1) is 7.19. The summed E-state index contributed by atoms with van der Waals surface area (Å²) in [6, 6.07) is 0. The topological polar surface area (TPSA) is 6.48 Å². The molecule has 0 unspecified atom stereocenters. The van der Waals surface area contributed by atoms with Crippen LogP contribution in [0.25, 0.3) is 0 Å². The Bertz CT molecular complexity index is 166. The fourth-order valence-electron chi connectivity index (χ4n) is 0.967. The molecule has 10 heavy (non-hydrogen) atoms. The summed E-state index contributed by atoms with van der Waals surface area (Å²) in [5.74, 6) is 0.